The Morgan fingerprint density at radius 3 is 2.78 bits per heavy atom. The Kier molecular flexibility index (Phi) is 6.38. The molecule has 0 saturated carbocycles. The Bertz CT molecular complexity index is 379. The van der Waals surface area contributed by atoms with Crippen molar-refractivity contribution in [1.82, 2.24) is 10.6 Å². The van der Waals surface area contributed by atoms with Gasteiger partial charge in [0.05, 0.1) is 19.1 Å². The predicted octanol–water partition coefficient (Wildman–Crippen LogP) is 0.780. The maximum Gasteiger partial charge on any atom is 0.239 e. The molecular formula is C12H19N3O2S. The summed E-state index contributed by atoms with van der Waals surface area (Å²) in [7, 11) is 0. The van der Waals surface area contributed by atoms with Crippen LogP contribution < -0.4 is 16.4 Å². The average Bonchev–Trinajstić information content (AvgIpc) is 2.89. The van der Waals surface area contributed by atoms with Gasteiger partial charge >= 0.3 is 0 Å². The summed E-state index contributed by atoms with van der Waals surface area (Å²) in [4.78, 5) is 23.8. The molecule has 100 valence electrons. The summed E-state index contributed by atoms with van der Waals surface area (Å²) >= 11 is 1.62. The molecule has 1 aromatic rings. The van der Waals surface area contributed by atoms with Gasteiger partial charge in [0.15, 0.2) is 0 Å². The maximum absolute atomic E-state index is 11.7. The van der Waals surface area contributed by atoms with Crippen LogP contribution in [-0.2, 0) is 9.59 Å². The molecule has 18 heavy (non-hydrogen) atoms. The van der Waals surface area contributed by atoms with E-state index in [2.05, 4.69) is 17.6 Å². The highest BCUT2D eigenvalue weighted by Crippen LogP contribution is 2.22. The van der Waals surface area contributed by atoms with Gasteiger partial charge < -0.3 is 16.4 Å². The zero-order valence-corrected chi connectivity index (χ0v) is 11.3. The molecule has 0 bridgehead atoms. The number of carbonyl (C=O) groups excluding carboxylic acids is 2. The van der Waals surface area contributed by atoms with Crippen LogP contribution in [0.5, 0.6) is 0 Å². The van der Waals surface area contributed by atoms with Crippen molar-refractivity contribution >= 4 is 23.2 Å². The Labute approximate surface area is 111 Å². The molecule has 4 N–H and O–H groups in total. The van der Waals surface area contributed by atoms with Gasteiger partial charge in [-0.25, -0.2) is 0 Å². The van der Waals surface area contributed by atoms with Gasteiger partial charge in [-0.05, 0) is 17.9 Å². The monoisotopic (exact) mass is 269 g/mol. The Morgan fingerprint density at radius 2 is 2.22 bits per heavy atom. The van der Waals surface area contributed by atoms with Crippen LogP contribution in [0, 0.1) is 0 Å². The Morgan fingerprint density at radius 1 is 1.44 bits per heavy atom. The van der Waals surface area contributed by atoms with E-state index in [1.807, 2.05) is 17.5 Å². The fraction of sp³-hybridized carbons (Fsp3) is 0.500. The van der Waals surface area contributed by atoms with Crippen molar-refractivity contribution in [3.63, 3.8) is 0 Å². The Hall–Kier alpha value is -1.40. The van der Waals surface area contributed by atoms with Gasteiger partial charge in [-0.3, -0.25) is 9.59 Å². The average molecular weight is 269 g/mol. The summed E-state index contributed by atoms with van der Waals surface area (Å²) in [6, 6.07) is 3.99. The molecule has 2 amide bonds. The lowest BCUT2D eigenvalue weighted by Gasteiger charge is -2.16. The second-order valence-corrected chi connectivity index (χ2v) is 4.88. The molecule has 1 aromatic heterocycles. The van der Waals surface area contributed by atoms with Crippen molar-refractivity contribution in [1.29, 1.82) is 0 Å². The standard InChI is InChI=1S/C12H19N3O2S/c1-2-4-9(10-5-3-6-18-10)15-12(17)8-14-11(16)7-13/h3,5-6,9H,2,4,7-8,13H2,1H3,(H,14,16)(H,15,17). The molecule has 1 heterocycles. The molecule has 0 saturated heterocycles. The number of rotatable bonds is 7. The molecule has 5 nitrogen and oxygen atoms in total. The molecule has 0 aromatic carbocycles. The molecule has 1 unspecified atom stereocenters. The van der Waals surface area contributed by atoms with E-state index in [0.29, 0.717) is 0 Å². The summed E-state index contributed by atoms with van der Waals surface area (Å²) in [5, 5.41) is 7.35. The highest BCUT2D eigenvalue weighted by Gasteiger charge is 2.14. The Balaban J connectivity index is 2.46. The number of hydrogen-bond acceptors (Lipinski definition) is 4. The fourth-order valence-electron chi connectivity index (χ4n) is 1.56. The van der Waals surface area contributed by atoms with Gasteiger partial charge in [-0.1, -0.05) is 19.4 Å². The normalized spacial score (nSPS) is 11.9. The predicted molar refractivity (Wildman–Crippen MR) is 72.2 cm³/mol. The van der Waals surface area contributed by atoms with Gasteiger partial charge in [0.1, 0.15) is 0 Å². The van der Waals surface area contributed by atoms with Gasteiger partial charge in [0.25, 0.3) is 0 Å². The van der Waals surface area contributed by atoms with Crippen molar-refractivity contribution in [2.75, 3.05) is 13.1 Å². The van der Waals surface area contributed by atoms with Crippen molar-refractivity contribution in [3.8, 4) is 0 Å². The highest BCUT2D eigenvalue weighted by atomic mass is 32.1. The molecule has 0 radical (unpaired) electrons. The minimum absolute atomic E-state index is 0.0253. The molecule has 0 aliphatic carbocycles. The van der Waals surface area contributed by atoms with Crippen LogP contribution in [0.25, 0.3) is 0 Å². The van der Waals surface area contributed by atoms with E-state index in [1.54, 1.807) is 11.3 Å². The lowest BCUT2D eigenvalue weighted by Crippen LogP contribution is -2.40. The fourth-order valence-corrected chi connectivity index (χ4v) is 2.37. The number of hydrogen-bond donors (Lipinski definition) is 3. The van der Waals surface area contributed by atoms with Gasteiger partial charge in [0, 0.05) is 4.88 Å². The summed E-state index contributed by atoms with van der Waals surface area (Å²) in [6.45, 7) is 1.95. The maximum atomic E-state index is 11.7. The first kappa shape index (κ1) is 14.7. The zero-order chi connectivity index (χ0) is 13.4. The first-order chi connectivity index (χ1) is 8.67. The lowest BCUT2D eigenvalue weighted by molar-refractivity contribution is -0.125. The van der Waals surface area contributed by atoms with Gasteiger partial charge in [0.2, 0.25) is 11.8 Å². The third kappa shape index (κ3) is 4.85. The van der Waals surface area contributed by atoms with E-state index in [-0.39, 0.29) is 30.9 Å². The van der Waals surface area contributed by atoms with E-state index < -0.39 is 0 Å². The van der Waals surface area contributed by atoms with E-state index >= 15 is 0 Å². The third-order valence-corrected chi connectivity index (χ3v) is 3.42. The summed E-state index contributed by atoms with van der Waals surface area (Å²) < 4.78 is 0. The third-order valence-electron chi connectivity index (χ3n) is 2.43. The second kappa shape index (κ2) is 7.84. The van der Waals surface area contributed by atoms with Crippen molar-refractivity contribution in [2.45, 2.75) is 25.8 Å². The van der Waals surface area contributed by atoms with E-state index in [4.69, 9.17) is 5.73 Å². The van der Waals surface area contributed by atoms with Crippen molar-refractivity contribution in [2.24, 2.45) is 5.73 Å². The number of carbonyl (C=O) groups is 2. The summed E-state index contributed by atoms with van der Waals surface area (Å²) in [5.41, 5.74) is 5.14. The smallest absolute Gasteiger partial charge is 0.239 e. The lowest BCUT2D eigenvalue weighted by atomic mass is 10.1. The van der Waals surface area contributed by atoms with E-state index in [1.165, 1.54) is 0 Å². The van der Waals surface area contributed by atoms with E-state index in [9.17, 15) is 9.59 Å². The van der Waals surface area contributed by atoms with Crippen LogP contribution in [0.15, 0.2) is 17.5 Å². The molecule has 0 aliphatic rings. The van der Waals surface area contributed by atoms with Crippen LogP contribution in [0.1, 0.15) is 30.7 Å². The topological polar surface area (TPSA) is 84.2 Å². The van der Waals surface area contributed by atoms with Gasteiger partial charge in [-0.15, -0.1) is 11.3 Å². The minimum atomic E-state index is -0.326. The first-order valence-corrected chi connectivity index (χ1v) is 6.84. The first-order valence-electron chi connectivity index (χ1n) is 5.97. The number of amides is 2. The van der Waals surface area contributed by atoms with E-state index in [0.717, 1.165) is 17.7 Å². The number of nitrogens with two attached hydrogens (primary N) is 1. The summed E-state index contributed by atoms with van der Waals surface area (Å²) in [5.74, 6) is -0.517. The van der Waals surface area contributed by atoms with Crippen LogP contribution in [0.2, 0.25) is 0 Å². The largest absolute Gasteiger partial charge is 0.347 e. The van der Waals surface area contributed by atoms with Crippen LogP contribution in [0.3, 0.4) is 0 Å². The zero-order valence-electron chi connectivity index (χ0n) is 10.4. The quantitative estimate of drug-likeness (QED) is 0.684. The van der Waals surface area contributed by atoms with Crippen molar-refractivity contribution < 1.29 is 9.59 Å². The van der Waals surface area contributed by atoms with Crippen molar-refractivity contribution in [3.05, 3.63) is 22.4 Å². The molecule has 0 fully saturated rings. The molecule has 6 heteroatoms. The molecule has 0 aliphatic heterocycles. The van der Waals surface area contributed by atoms with Crippen LogP contribution in [-0.4, -0.2) is 24.9 Å². The molecule has 1 atom stereocenters. The molecule has 0 spiro atoms. The summed E-state index contributed by atoms with van der Waals surface area (Å²) in [6.07, 6.45) is 1.87. The van der Waals surface area contributed by atoms with Crippen LogP contribution in [0.4, 0.5) is 0 Å². The second-order valence-electron chi connectivity index (χ2n) is 3.91. The van der Waals surface area contributed by atoms with Crippen LogP contribution >= 0.6 is 11.3 Å². The number of thiophene rings is 1. The SMILES string of the molecule is CCCC(NC(=O)CNC(=O)CN)c1cccs1. The minimum Gasteiger partial charge on any atom is -0.347 e. The van der Waals surface area contributed by atoms with Gasteiger partial charge in [-0.2, -0.15) is 0 Å². The molecular weight excluding hydrogens is 250 g/mol. The number of nitrogens with one attached hydrogen (secondary N) is 2. The molecule has 1 rings (SSSR count). The highest BCUT2D eigenvalue weighted by molar-refractivity contribution is 7.10.